The lowest BCUT2D eigenvalue weighted by Gasteiger charge is -2.51. The zero-order chi connectivity index (χ0) is 26.0. The largest absolute Gasteiger partial charge is 0.392 e. The van der Waals surface area contributed by atoms with Gasteiger partial charge >= 0.3 is 0 Å². The Morgan fingerprint density at radius 3 is 1.92 bits per heavy atom. The van der Waals surface area contributed by atoms with Crippen LogP contribution in [-0.2, 0) is 34.0 Å². The van der Waals surface area contributed by atoms with Crippen LogP contribution in [0.3, 0.4) is 0 Å². The first kappa shape index (κ1) is 25.9. The molecule has 2 amide bonds. The molecule has 192 valence electrons. The molecule has 0 saturated carbocycles. The molecule has 3 saturated heterocycles. The zero-order valence-corrected chi connectivity index (χ0v) is 22.5. The third-order valence-corrected chi connectivity index (χ3v) is 10.6. The highest BCUT2D eigenvalue weighted by molar-refractivity contribution is 8.18. The van der Waals surface area contributed by atoms with Crippen molar-refractivity contribution in [3.05, 3.63) is 107 Å². The summed E-state index contributed by atoms with van der Waals surface area (Å²) < 4.78 is 5.93. The minimum absolute atomic E-state index is 0.0388. The van der Waals surface area contributed by atoms with Crippen LogP contribution in [0.15, 0.2) is 84.9 Å². The van der Waals surface area contributed by atoms with Gasteiger partial charge in [0.1, 0.15) is 0 Å². The highest BCUT2D eigenvalue weighted by atomic mass is 32.2. The number of nitrogens with zero attached hydrogens (tertiary/aromatic N) is 2. The SMILES string of the molecule is CN1C(=O)[C@]2(Cc3ccccc3)SC(c3ccc(CO)cc3)S[C@@]1(COCc1ccccc1)C(=O)N2C. The fraction of sp³-hybridized carbons (Fsp3) is 0.310. The van der Waals surface area contributed by atoms with Crippen LogP contribution < -0.4 is 0 Å². The summed E-state index contributed by atoms with van der Waals surface area (Å²) in [6, 6.07) is 27.4. The molecule has 2 bridgehead atoms. The quantitative estimate of drug-likeness (QED) is 0.461. The van der Waals surface area contributed by atoms with Crippen LogP contribution in [0.25, 0.3) is 0 Å². The zero-order valence-electron chi connectivity index (χ0n) is 20.9. The van der Waals surface area contributed by atoms with Gasteiger partial charge < -0.3 is 19.6 Å². The molecule has 3 atom stereocenters. The molecular weight excluding hydrogens is 504 g/mol. The Balaban J connectivity index is 1.54. The van der Waals surface area contributed by atoms with Crippen LogP contribution in [0, 0.1) is 0 Å². The van der Waals surface area contributed by atoms with E-state index in [1.807, 2.05) is 84.9 Å². The maximum atomic E-state index is 14.2. The van der Waals surface area contributed by atoms with Crippen molar-refractivity contribution in [2.75, 3.05) is 20.7 Å². The van der Waals surface area contributed by atoms with Gasteiger partial charge in [0.2, 0.25) is 0 Å². The molecule has 6 nitrogen and oxygen atoms in total. The Hall–Kier alpha value is -2.78. The number of likely N-dealkylation sites (N-methyl/N-ethyl adjacent to an activating group) is 2. The number of benzene rings is 3. The van der Waals surface area contributed by atoms with Crippen molar-refractivity contribution in [3.8, 4) is 0 Å². The number of carbonyl (C=O) groups excluding carboxylic acids is 2. The summed E-state index contributed by atoms with van der Waals surface area (Å²) in [4.78, 5) is 29.4. The van der Waals surface area contributed by atoms with Gasteiger partial charge in [0, 0.05) is 20.5 Å². The summed E-state index contributed by atoms with van der Waals surface area (Å²) in [5.41, 5.74) is 3.80. The second-order valence-corrected chi connectivity index (χ2v) is 12.5. The minimum atomic E-state index is -1.20. The van der Waals surface area contributed by atoms with Crippen molar-refractivity contribution in [2.45, 2.75) is 34.0 Å². The smallest absolute Gasteiger partial charge is 0.262 e. The lowest BCUT2D eigenvalue weighted by atomic mass is 9.98. The monoisotopic (exact) mass is 534 g/mol. The standard InChI is InChI=1S/C29H30N2O4S2/c1-30-27(34)29(20-35-19-23-11-7-4-8-12-23)31(2)26(33)28(30,17-21-9-5-3-6-10-21)36-25(37-29)24-15-13-22(18-32)14-16-24/h3-16,25,32H,17-20H2,1-2H3/t25?,28-,29-/m0/s1. The number of thioether (sulfide) groups is 2. The summed E-state index contributed by atoms with van der Waals surface area (Å²) in [5.74, 6) is -0.237. The van der Waals surface area contributed by atoms with E-state index >= 15 is 0 Å². The molecule has 3 aliphatic heterocycles. The van der Waals surface area contributed by atoms with Crippen molar-refractivity contribution in [3.63, 3.8) is 0 Å². The van der Waals surface area contributed by atoms with E-state index in [1.165, 1.54) is 23.5 Å². The topological polar surface area (TPSA) is 70.1 Å². The van der Waals surface area contributed by atoms with Crippen LogP contribution in [0.5, 0.6) is 0 Å². The number of hydrogen-bond donors (Lipinski definition) is 1. The first-order valence-corrected chi connectivity index (χ1v) is 13.9. The van der Waals surface area contributed by atoms with Gasteiger partial charge in [-0.15, -0.1) is 23.5 Å². The summed E-state index contributed by atoms with van der Waals surface area (Å²) in [5, 5.41) is 9.52. The van der Waals surface area contributed by atoms with Gasteiger partial charge in [-0.2, -0.15) is 0 Å². The Morgan fingerprint density at radius 2 is 1.30 bits per heavy atom. The van der Waals surface area contributed by atoms with E-state index in [4.69, 9.17) is 4.74 Å². The lowest BCUT2D eigenvalue weighted by Crippen LogP contribution is -2.73. The highest BCUT2D eigenvalue weighted by Gasteiger charge is 2.66. The average Bonchev–Trinajstić information content (AvgIpc) is 3.09. The second-order valence-electron chi connectivity index (χ2n) is 9.41. The van der Waals surface area contributed by atoms with Gasteiger partial charge in [-0.05, 0) is 22.3 Å². The maximum Gasteiger partial charge on any atom is 0.262 e. The molecule has 6 rings (SSSR count). The Bertz CT molecular complexity index is 1260. The first-order chi connectivity index (χ1) is 17.9. The first-order valence-electron chi connectivity index (χ1n) is 12.2. The fourth-order valence-corrected chi connectivity index (χ4v) is 8.68. The normalized spacial score (nSPS) is 25.4. The molecular formula is C29H30N2O4S2. The summed E-state index contributed by atoms with van der Waals surface area (Å²) in [6.07, 6.45) is 0.399. The molecule has 1 unspecified atom stereocenters. The average molecular weight is 535 g/mol. The van der Waals surface area contributed by atoms with E-state index in [1.54, 1.807) is 23.9 Å². The van der Waals surface area contributed by atoms with E-state index < -0.39 is 9.74 Å². The molecule has 0 aliphatic carbocycles. The number of piperazine rings is 1. The predicted molar refractivity (Wildman–Crippen MR) is 148 cm³/mol. The molecule has 3 fully saturated rings. The summed E-state index contributed by atoms with van der Waals surface area (Å²) in [7, 11) is 3.47. The molecule has 8 heteroatoms. The van der Waals surface area contributed by atoms with Crippen molar-refractivity contribution in [1.82, 2.24) is 9.80 Å². The van der Waals surface area contributed by atoms with E-state index in [-0.39, 0.29) is 29.6 Å². The van der Waals surface area contributed by atoms with Crippen molar-refractivity contribution in [2.24, 2.45) is 0 Å². The van der Waals surface area contributed by atoms with Crippen molar-refractivity contribution in [1.29, 1.82) is 0 Å². The molecule has 37 heavy (non-hydrogen) atoms. The summed E-state index contributed by atoms with van der Waals surface area (Å²) >= 11 is 2.98. The maximum absolute atomic E-state index is 14.2. The lowest BCUT2D eigenvalue weighted by molar-refractivity contribution is -0.166. The van der Waals surface area contributed by atoms with Crippen LogP contribution in [0.2, 0.25) is 0 Å². The number of amides is 2. The van der Waals surface area contributed by atoms with Crippen LogP contribution in [-0.4, -0.2) is 57.2 Å². The predicted octanol–water partition coefficient (Wildman–Crippen LogP) is 4.44. The summed E-state index contributed by atoms with van der Waals surface area (Å²) in [6.45, 7) is 0.383. The van der Waals surface area contributed by atoms with Crippen LogP contribution >= 0.6 is 23.5 Å². The number of aliphatic hydroxyl groups is 1. The van der Waals surface area contributed by atoms with Gasteiger partial charge in [-0.1, -0.05) is 84.9 Å². The number of ether oxygens (including phenoxy) is 1. The highest BCUT2D eigenvalue weighted by Crippen LogP contribution is 2.61. The molecule has 1 N–H and O–H groups in total. The van der Waals surface area contributed by atoms with Gasteiger partial charge in [-0.3, -0.25) is 9.59 Å². The molecule has 0 radical (unpaired) electrons. The van der Waals surface area contributed by atoms with E-state index in [9.17, 15) is 14.7 Å². The fourth-order valence-electron chi connectivity index (χ4n) is 4.87. The number of hydrogen-bond acceptors (Lipinski definition) is 6. The van der Waals surface area contributed by atoms with Gasteiger partial charge in [0.15, 0.2) is 9.74 Å². The molecule has 3 aromatic carbocycles. The number of fused-ring (bicyclic) bond motifs is 4. The second kappa shape index (κ2) is 10.5. The van der Waals surface area contributed by atoms with Gasteiger partial charge in [0.05, 0.1) is 24.4 Å². The third kappa shape index (κ3) is 4.68. The Kier molecular flexibility index (Phi) is 7.36. The molecule has 0 spiro atoms. The van der Waals surface area contributed by atoms with E-state index in [0.717, 1.165) is 22.3 Å². The molecule has 3 aromatic rings. The van der Waals surface area contributed by atoms with Crippen molar-refractivity contribution < 1.29 is 19.4 Å². The molecule has 0 aromatic heterocycles. The molecule has 3 aliphatic rings. The Labute approximate surface area is 226 Å². The van der Waals surface area contributed by atoms with E-state index in [2.05, 4.69) is 0 Å². The number of rotatable bonds is 8. The number of carbonyl (C=O) groups is 2. The number of aliphatic hydroxyl groups excluding tert-OH is 1. The van der Waals surface area contributed by atoms with E-state index in [0.29, 0.717) is 13.0 Å². The minimum Gasteiger partial charge on any atom is -0.392 e. The van der Waals surface area contributed by atoms with Gasteiger partial charge in [-0.25, -0.2) is 0 Å². The van der Waals surface area contributed by atoms with Crippen molar-refractivity contribution >= 4 is 35.3 Å². The Morgan fingerprint density at radius 1 is 0.757 bits per heavy atom. The van der Waals surface area contributed by atoms with Crippen LogP contribution in [0.4, 0.5) is 0 Å². The van der Waals surface area contributed by atoms with Gasteiger partial charge in [0.25, 0.3) is 11.8 Å². The third-order valence-electron chi connectivity index (χ3n) is 7.10. The molecule has 3 heterocycles. The van der Waals surface area contributed by atoms with Crippen LogP contribution in [0.1, 0.15) is 26.8 Å².